The zero-order valence-electron chi connectivity index (χ0n) is 15.3. The first-order chi connectivity index (χ1) is 13.6. The van der Waals surface area contributed by atoms with E-state index in [1.165, 1.54) is 19.1 Å². The monoisotopic (exact) mass is 368 g/mol. The van der Waals surface area contributed by atoms with E-state index in [2.05, 4.69) is 0 Å². The van der Waals surface area contributed by atoms with Crippen LogP contribution in [-0.2, 0) is 4.79 Å². The predicted molar refractivity (Wildman–Crippen MR) is 109 cm³/mol. The maximum atomic E-state index is 13.8. The molecule has 28 heavy (non-hydrogen) atoms. The summed E-state index contributed by atoms with van der Waals surface area (Å²) >= 11 is 0. The summed E-state index contributed by atoms with van der Waals surface area (Å²) in [6.07, 6.45) is 1.68. The van der Waals surface area contributed by atoms with Crippen LogP contribution in [-0.4, -0.2) is 11.6 Å². The number of allylic oxidation sites excluding steroid dienone is 3. The van der Waals surface area contributed by atoms with E-state index in [0.717, 1.165) is 5.56 Å². The van der Waals surface area contributed by atoms with E-state index in [0.29, 0.717) is 33.4 Å². The average molecular weight is 368 g/mol. The van der Waals surface area contributed by atoms with Crippen molar-refractivity contribution in [2.75, 3.05) is 0 Å². The molecule has 3 aromatic carbocycles. The van der Waals surface area contributed by atoms with Crippen molar-refractivity contribution >= 4 is 28.8 Å². The Morgan fingerprint density at radius 1 is 0.786 bits per heavy atom. The topological polar surface area (TPSA) is 34.1 Å². The van der Waals surface area contributed by atoms with Crippen LogP contribution in [0.25, 0.3) is 17.2 Å². The minimum absolute atomic E-state index is 0.148. The lowest BCUT2D eigenvalue weighted by molar-refractivity contribution is -0.111. The highest BCUT2D eigenvalue weighted by Crippen LogP contribution is 2.42. The number of hydrogen-bond acceptors (Lipinski definition) is 2. The zero-order valence-corrected chi connectivity index (χ0v) is 15.3. The van der Waals surface area contributed by atoms with Crippen molar-refractivity contribution in [3.05, 3.63) is 113 Å². The van der Waals surface area contributed by atoms with Crippen LogP contribution in [0, 0.1) is 5.82 Å². The van der Waals surface area contributed by atoms with Crippen molar-refractivity contribution in [3.63, 3.8) is 0 Å². The van der Waals surface area contributed by atoms with Crippen molar-refractivity contribution in [2.24, 2.45) is 0 Å². The number of halogens is 1. The number of ketones is 2. The predicted octanol–water partition coefficient (Wildman–Crippen LogP) is 5.61. The molecule has 0 N–H and O–H groups in total. The minimum atomic E-state index is -0.383. The van der Waals surface area contributed by atoms with Crippen molar-refractivity contribution < 1.29 is 14.0 Å². The normalized spacial score (nSPS) is 14.3. The molecule has 2 nitrogen and oxygen atoms in total. The number of rotatable bonds is 4. The third-order valence-electron chi connectivity index (χ3n) is 4.80. The number of benzene rings is 3. The number of carbonyl (C=O) groups is 2. The van der Waals surface area contributed by atoms with E-state index in [-0.39, 0.29) is 17.4 Å². The van der Waals surface area contributed by atoms with Gasteiger partial charge in [-0.1, -0.05) is 66.7 Å². The number of carbonyl (C=O) groups excluding carboxylic acids is 2. The highest BCUT2D eigenvalue weighted by atomic mass is 19.1. The molecule has 0 bridgehead atoms. The molecule has 136 valence electrons. The maximum absolute atomic E-state index is 13.8. The molecule has 0 aromatic heterocycles. The largest absolute Gasteiger partial charge is 0.294 e. The van der Waals surface area contributed by atoms with Gasteiger partial charge >= 0.3 is 0 Å². The molecular formula is C25H17FO2. The Morgan fingerprint density at radius 2 is 1.39 bits per heavy atom. The van der Waals surface area contributed by atoms with Crippen LogP contribution in [0.4, 0.5) is 4.39 Å². The SMILES string of the molecule is CC(=O)/C(=C1/C(C(=O)c2ccccc2)=Cc2cc(F)ccc21)c1ccccc1. The second-order valence-electron chi connectivity index (χ2n) is 6.66. The Hall–Kier alpha value is -3.59. The molecule has 3 heteroatoms. The molecule has 0 heterocycles. The Kier molecular flexibility index (Phi) is 4.58. The summed E-state index contributed by atoms with van der Waals surface area (Å²) in [7, 11) is 0. The van der Waals surface area contributed by atoms with Gasteiger partial charge in [0, 0.05) is 22.3 Å². The lowest BCUT2D eigenvalue weighted by Crippen LogP contribution is -2.07. The van der Waals surface area contributed by atoms with Gasteiger partial charge in [-0.25, -0.2) is 4.39 Å². The van der Waals surface area contributed by atoms with Crippen molar-refractivity contribution in [1.82, 2.24) is 0 Å². The van der Waals surface area contributed by atoms with Gasteiger partial charge in [0.25, 0.3) is 0 Å². The van der Waals surface area contributed by atoms with Gasteiger partial charge in [0.05, 0.1) is 0 Å². The molecule has 0 spiro atoms. The average Bonchev–Trinajstić information content (AvgIpc) is 3.07. The molecule has 4 rings (SSSR count). The molecule has 1 aliphatic carbocycles. The summed E-state index contributed by atoms with van der Waals surface area (Å²) in [5, 5.41) is 0. The summed E-state index contributed by atoms with van der Waals surface area (Å²) in [4.78, 5) is 25.9. The van der Waals surface area contributed by atoms with Crippen LogP contribution < -0.4 is 0 Å². The summed E-state index contributed by atoms with van der Waals surface area (Å²) in [5.74, 6) is -0.723. The molecule has 0 amide bonds. The first-order valence-electron chi connectivity index (χ1n) is 8.98. The maximum Gasteiger partial charge on any atom is 0.193 e. The summed E-state index contributed by atoms with van der Waals surface area (Å²) in [6.45, 7) is 1.49. The zero-order chi connectivity index (χ0) is 19.7. The van der Waals surface area contributed by atoms with Crippen LogP contribution in [0.5, 0.6) is 0 Å². The van der Waals surface area contributed by atoms with Gasteiger partial charge in [-0.05, 0) is 41.8 Å². The van der Waals surface area contributed by atoms with Crippen LogP contribution in [0.1, 0.15) is 34.0 Å². The van der Waals surface area contributed by atoms with E-state index >= 15 is 0 Å². The first-order valence-corrected chi connectivity index (χ1v) is 8.98. The van der Waals surface area contributed by atoms with Gasteiger partial charge in [-0.15, -0.1) is 0 Å². The van der Waals surface area contributed by atoms with Crippen molar-refractivity contribution in [2.45, 2.75) is 6.92 Å². The van der Waals surface area contributed by atoms with Gasteiger partial charge in [0.2, 0.25) is 0 Å². The highest BCUT2D eigenvalue weighted by molar-refractivity contribution is 6.37. The Labute approximate surface area is 162 Å². The quantitative estimate of drug-likeness (QED) is 0.443. The number of fused-ring (bicyclic) bond motifs is 1. The third-order valence-corrected chi connectivity index (χ3v) is 4.80. The van der Waals surface area contributed by atoms with Gasteiger partial charge in [-0.2, -0.15) is 0 Å². The molecule has 0 atom stereocenters. The standard InChI is InChI=1S/C25H17FO2/c1-16(27)23(17-8-4-2-5-9-17)24-21-13-12-20(26)14-19(21)15-22(24)25(28)18-10-6-3-7-11-18/h2-15H,1H3/b24-23-. The van der Waals surface area contributed by atoms with Crippen LogP contribution in [0.2, 0.25) is 0 Å². The summed E-state index contributed by atoms with van der Waals surface area (Å²) in [5.41, 5.74) is 3.97. The second-order valence-corrected chi connectivity index (χ2v) is 6.66. The van der Waals surface area contributed by atoms with E-state index < -0.39 is 0 Å². The van der Waals surface area contributed by atoms with E-state index in [9.17, 15) is 14.0 Å². The molecule has 0 aliphatic heterocycles. The van der Waals surface area contributed by atoms with Crippen LogP contribution in [0.15, 0.2) is 84.4 Å². The lowest BCUT2D eigenvalue weighted by atomic mass is 9.87. The van der Waals surface area contributed by atoms with Gasteiger partial charge in [0.1, 0.15) is 5.82 Å². The fraction of sp³-hybridized carbons (Fsp3) is 0.0400. The molecule has 3 aromatic rings. The molecule has 0 unspecified atom stereocenters. The molecule has 0 radical (unpaired) electrons. The molecule has 0 fully saturated rings. The highest BCUT2D eigenvalue weighted by Gasteiger charge is 2.29. The Balaban J connectivity index is 2.00. The smallest absolute Gasteiger partial charge is 0.193 e. The van der Waals surface area contributed by atoms with Crippen molar-refractivity contribution in [1.29, 1.82) is 0 Å². The summed E-state index contributed by atoms with van der Waals surface area (Å²) in [6, 6.07) is 22.5. The minimum Gasteiger partial charge on any atom is -0.294 e. The van der Waals surface area contributed by atoms with Crippen LogP contribution >= 0.6 is 0 Å². The number of Topliss-reactive ketones (excluding diaryl/α,β-unsaturated/α-hetero) is 2. The third kappa shape index (κ3) is 3.12. The number of hydrogen-bond donors (Lipinski definition) is 0. The fourth-order valence-corrected chi connectivity index (χ4v) is 3.58. The first kappa shape index (κ1) is 17.8. The second kappa shape index (κ2) is 7.20. The summed E-state index contributed by atoms with van der Waals surface area (Å²) < 4.78 is 13.8. The van der Waals surface area contributed by atoms with Gasteiger partial charge < -0.3 is 0 Å². The van der Waals surface area contributed by atoms with E-state index in [1.807, 2.05) is 36.4 Å². The van der Waals surface area contributed by atoms with Crippen molar-refractivity contribution in [3.8, 4) is 0 Å². The van der Waals surface area contributed by atoms with Gasteiger partial charge in [-0.3, -0.25) is 9.59 Å². The molecule has 1 aliphatic rings. The van der Waals surface area contributed by atoms with E-state index in [1.54, 1.807) is 36.4 Å². The van der Waals surface area contributed by atoms with E-state index in [4.69, 9.17) is 0 Å². The molecule has 0 saturated carbocycles. The molecular weight excluding hydrogens is 351 g/mol. The van der Waals surface area contributed by atoms with Crippen LogP contribution in [0.3, 0.4) is 0 Å². The fourth-order valence-electron chi connectivity index (χ4n) is 3.58. The Bertz CT molecular complexity index is 1140. The lowest BCUT2D eigenvalue weighted by Gasteiger charge is -2.14. The molecule has 0 saturated heterocycles. The van der Waals surface area contributed by atoms with Gasteiger partial charge in [0.15, 0.2) is 11.6 Å². The Morgan fingerprint density at radius 3 is 2.00 bits per heavy atom.